The van der Waals surface area contributed by atoms with Crippen LogP contribution in [0.15, 0.2) is 28.7 Å². The van der Waals surface area contributed by atoms with Crippen molar-refractivity contribution in [3.05, 3.63) is 34.3 Å². The van der Waals surface area contributed by atoms with Crippen molar-refractivity contribution in [2.45, 2.75) is 45.3 Å². The van der Waals surface area contributed by atoms with Gasteiger partial charge in [-0.1, -0.05) is 28.1 Å². The molecule has 4 nitrogen and oxygen atoms in total. The number of piperidine rings is 1. The Kier molecular flexibility index (Phi) is 6.09. The van der Waals surface area contributed by atoms with E-state index in [1.54, 1.807) is 0 Å². The SMILES string of the molecule is CNC(c1cccc(Br)c1)C1CCN(C(=O)OC(C)(C)C)CC1. The van der Waals surface area contributed by atoms with Crippen molar-refractivity contribution in [1.29, 1.82) is 0 Å². The summed E-state index contributed by atoms with van der Waals surface area (Å²) >= 11 is 3.54. The highest BCUT2D eigenvalue weighted by atomic mass is 79.9. The van der Waals surface area contributed by atoms with Gasteiger partial charge in [-0.25, -0.2) is 4.79 Å². The molecule has 0 aliphatic carbocycles. The number of carbonyl (C=O) groups excluding carboxylic acids is 1. The molecule has 1 aromatic carbocycles. The summed E-state index contributed by atoms with van der Waals surface area (Å²) in [6, 6.07) is 8.75. The second-order valence-electron chi connectivity index (χ2n) is 7.13. The molecule has 23 heavy (non-hydrogen) atoms. The average Bonchev–Trinajstić information content (AvgIpc) is 2.47. The maximum absolute atomic E-state index is 12.2. The van der Waals surface area contributed by atoms with Gasteiger partial charge in [0, 0.05) is 23.6 Å². The number of halogens is 1. The van der Waals surface area contributed by atoms with E-state index >= 15 is 0 Å². The smallest absolute Gasteiger partial charge is 0.410 e. The molecule has 1 fully saturated rings. The Labute approximate surface area is 147 Å². The molecule has 1 amide bonds. The number of rotatable bonds is 3. The van der Waals surface area contributed by atoms with Crippen LogP contribution < -0.4 is 5.32 Å². The van der Waals surface area contributed by atoms with Gasteiger partial charge in [0.2, 0.25) is 0 Å². The highest BCUT2D eigenvalue weighted by molar-refractivity contribution is 9.10. The molecule has 0 spiro atoms. The third-order valence-corrected chi connectivity index (χ3v) is 4.67. The van der Waals surface area contributed by atoms with Crippen molar-refractivity contribution in [2.24, 2.45) is 5.92 Å². The minimum atomic E-state index is -0.433. The van der Waals surface area contributed by atoms with E-state index < -0.39 is 5.60 Å². The lowest BCUT2D eigenvalue weighted by molar-refractivity contribution is 0.0170. The molecule has 128 valence electrons. The number of amides is 1. The van der Waals surface area contributed by atoms with Crippen molar-refractivity contribution in [3.63, 3.8) is 0 Å². The molecule has 1 saturated heterocycles. The topological polar surface area (TPSA) is 41.6 Å². The first-order valence-electron chi connectivity index (χ1n) is 8.21. The van der Waals surface area contributed by atoms with Crippen LogP contribution in [-0.4, -0.2) is 36.7 Å². The molecule has 1 heterocycles. The molecule has 0 aromatic heterocycles. The molecule has 0 saturated carbocycles. The summed E-state index contributed by atoms with van der Waals surface area (Å²) in [6.45, 7) is 7.23. The first kappa shape index (κ1) is 18.3. The minimum absolute atomic E-state index is 0.195. The van der Waals surface area contributed by atoms with E-state index in [4.69, 9.17) is 4.74 Å². The second kappa shape index (κ2) is 7.67. The first-order chi connectivity index (χ1) is 10.8. The lowest BCUT2D eigenvalue weighted by Gasteiger charge is -2.36. The van der Waals surface area contributed by atoms with E-state index in [-0.39, 0.29) is 6.09 Å². The monoisotopic (exact) mass is 382 g/mol. The molecule has 1 aromatic rings. The van der Waals surface area contributed by atoms with Gasteiger partial charge in [0.1, 0.15) is 5.60 Å². The number of nitrogens with one attached hydrogen (secondary N) is 1. The van der Waals surface area contributed by atoms with Crippen molar-refractivity contribution in [3.8, 4) is 0 Å². The number of ether oxygens (including phenoxy) is 1. The maximum Gasteiger partial charge on any atom is 0.410 e. The van der Waals surface area contributed by atoms with E-state index in [1.807, 2.05) is 38.8 Å². The summed E-state index contributed by atoms with van der Waals surface area (Å²) in [5, 5.41) is 3.44. The maximum atomic E-state index is 12.2. The van der Waals surface area contributed by atoms with Crippen molar-refractivity contribution in [2.75, 3.05) is 20.1 Å². The predicted molar refractivity (Wildman–Crippen MR) is 96.5 cm³/mol. The van der Waals surface area contributed by atoms with Crippen LogP contribution in [0.3, 0.4) is 0 Å². The first-order valence-corrected chi connectivity index (χ1v) is 9.00. The second-order valence-corrected chi connectivity index (χ2v) is 8.04. The summed E-state index contributed by atoms with van der Waals surface area (Å²) in [5.41, 5.74) is 0.857. The standard InChI is InChI=1S/C18H27BrN2O2/c1-18(2,3)23-17(22)21-10-8-13(9-11-21)16(20-4)14-6-5-7-15(19)12-14/h5-7,12-13,16,20H,8-11H2,1-4H3. The summed E-state index contributed by atoms with van der Waals surface area (Å²) in [6.07, 6.45) is 1.77. The zero-order chi connectivity index (χ0) is 17.0. The van der Waals surface area contributed by atoms with Crippen LogP contribution in [0.2, 0.25) is 0 Å². The normalized spacial score (nSPS) is 17.9. The number of likely N-dealkylation sites (tertiary alicyclic amines) is 1. The number of nitrogens with zero attached hydrogens (tertiary/aromatic N) is 1. The Hall–Kier alpha value is -1.07. The number of benzene rings is 1. The molecular weight excluding hydrogens is 356 g/mol. The van der Waals surface area contributed by atoms with Crippen molar-refractivity contribution in [1.82, 2.24) is 10.2 Å². The quantitative estimate of drug-likeness (QED) is 0.844. The van der Waals surface area contributed by atoms with Gasteiger partial charge in [-0.15, -0.1) is 0 Å². The van der Waals surface area contributed by atoms with E-state index in [9.17, 15) is 4.79 Å². The molecule has 0 radical (unpaired) electrons. The fraction of sp³-hybridized carbons (Fsp3) is 0.611. The van der Waals surface area contributed by atoms with Crippen molar-refractivity contribution >= 4 is 22.0 Å². The zero-order valence-corrected chi connectivity index (χ0v) is 16.0. The number of hydrogen-bond acceptors (Lipinski definition) is 3. The van der Waals surface area contributed by atoms with Crippen LogP contribution in [0.5, 0.6) is 0 Å². The minimum Gasteiger partial charge on any atom is -0.444 e. The fourth-order valence-corrected chi connectivity index (χ4v) is 3.53. The van der Waals surface area contributed by atoms with Crippen LogP contribution >= 0.6 is 15.9 Å². The highest BCUT2D eigenvalue weighted by Crippen LogP contribution is 2.32. The van der Waals surface area contributed by atoms with Crippen LogP contribution in [-0.2, 0) is 4.74 Å². The largest absolute Gasteiger partial charge is 0.444 e. The summed E-state index contributed by atoms with van der Waals surface area (Å²) in [4.78, 5) is 14.0. The Morgan fingerprint density at radius 1 is 1.35 bits per heavy atom. The van der Waals surface area contributed by atoms with Gasteiger partial charge in [0.05, 0.1) is 0 Å². The van der Waals surface area contributed by atoms with Gasteiger partial charge < -0.3 is 15.0 Å². The molecular formula is C18H27BrN2O2. The third kappa shape index (κ3) is 5.21. The van der Waals surface area contributed by atoms with E-state index in [0.29, 0.717) is 12.0 Å². The molecule has 1 N–H and O–H groups in total. The Bertz CT molecular complexity index is 534. The van der Waals surface area contributed by atoms with E-state index in [2.05, 4.69) is 39.4 Å². The zero-order valence-electron chi connectivity index (χ0n) is 14.4. The van der Waals surface area contributed by atoms with Crippen LogP contribution in [0.1, 0.15) is 45.2 Å². The summed E-state index contributed by atoms with van der Waals surface area (Å²) < 4.78 is 6.56. The molecule has 1 aliphatic rings. The van der Waals surface area contributed by atoms with Crippen LogP contribution in [0, 0.1) is 5.92 Å². The van der Waals surface area contributed by atoms with E-state index in [1.165, 1.54) is 5.56 Å². The van der Waals surface area contributed by atoms with Crippen molar-refractivity contribution < 1.29 is 9.53 Å². The molecule has 1 aliphatic heterocycles. The Balaban J connectivity index is 1.96. The molecule has 5 heteroatoms. The van der Waals surface area contributed by atoms with Crippen LogP contribution in [0.4, 0.5) is 4.79 Å². The van der Waals surface area contributed by atoms with E-state index in [0.717, 1.165) is 30.4 Å². The van der Waals surface area contributed by atoms with Gasteiger partial charge >= 0.3 is 6.09 Å². The summed E-state index contributed by atoms with van der Waals surface area (Å²) in [7, 11) is 2.01. The third-order valence-electron chi connectivity index (χ3n) is 4.18. The lowest BCUT2D eigenvalue weighted by atomic mass is 9.85. The number of carbonyl (C=O) groups is 1. The molecule has 0 bridgehead atoms. The molecule has 1 atom stereocenters. The average molecular weight is 383 g/mol. The van der Waals surface area contributed by atoms with Gasteiger partial charge in [-0.2, -0.15) is 0 Å². The highest BCUT2D eigenvalue weighted by Gasteiger charge is 2.30. The van der Waals surface area contributed by atoms with Gasteiger partial charge in [-0.3, -0.25) is 0 Å². The Morgan fingerprint density at radius 3 is 2.52 bits per heavy atom. The number of hydrogen-bond donors (Lipinski definition) is 1. The predicted octanol–water partition coefficient (Wildman–Crippen LogP) is 4.36. The summed E-state index contributed by atoms with van der Waals surface area (Å²) in [5.74, 6) is 0.521. The fourth-order valence-electron chi connectivity index (χ4n) is 3.12. The molecule has 1 unspecified atom stereocenters. The van der Waals surface area contributed by atoms with Gasteiger partial charge in [-0.05, 0) is 64.3 Å². The Morgan fingerprint density at radius 2 is 2.00 bits per heavy atom. The molecule has 2 rings (SSSR count). The lowest BCUT2D eigenvalue weighted by Crippen LogP contribution is -2.43. The van der Waals surface area contributed by atoms with Gasteiger partial charge in [0.25, 0.3) is 0 Å². The van der Waals surface area contributed by atoms with Crippen LogP contribution in [0.25, 0.3) is 0 Å². The van der Waals surface area contributed by atoms with Gasteiger partial charge in [0.15, 0.2) is 0 Å².